The lowest BCUT2D eigenvalue weighted by atomic mass is 10.2. The van der Waals surface area contributed by atoms with E-state index >= 15 is 0 Å². The number of nitrogens with zero attached hydrogens (tertiary/aromatic N) is 3. The normalized spacial score (nSPS) is 10.2. The fraction of sp³-hybridized carbons (Fsp3) is 0.667. The Balaban J connectivity index is 2.20. The fourth-order valence-corrected chi connectivity index (χ4v) is 1.55. The molecule has 0 atom stereocenters. The summed E-state index contributed by atoms with van der Waals surface area (Å²) in [5.41, 5.74) is 1.14. The van der Waals surface area contributed by atoms with Gasteiger partial charge in [0.15, 0.2) is 0 Å². The number of hydrogen-bond donors (Lipinski definition) is 1. The second kappa shape index (κ2) is 7.89. The third kappa shape index (κ3) is 4.94. The van der Waals surface area contributed by atoms with Crippen molar-refractivity contribution in [3.05, 3.63) is 18.2 Å². The van der Waals surface area contributed by atoms with Crippen molar-refractivity contribution in [2.45, 2.75) is 39.2 Å². The van der Waals surface area contributed by atoms with Crippen molar-refractivity contribution in [2.24, 2.45) is 0 Å². The van der Waals surface area contributed by atoms with Gasteiger partial charge in [0, 0.05) is 32.1 Å². The molecule has 1 N–H and O–H groups in total. The summed E-state index contributed by atoms with van der Waals surface area (Å²) in [5, 5.41) is 11.7. The van der Waals surface area contributed by atoms with Gasteiger partial charge in [-0.25, -0.2) is 4.98 Å². The number of aromatic nitrogens is 2. The number of nitriles is 1. The Morgan fingerprint density at radius 2 is 2.38 bits per heavy atom. The first kappa shape index (κ1) is 12.7. The zero-order valence-corrected chi connectivity index (χ0v) is 9.95. The van der Waals surface area contributed by atoms with E-state index in [1.165, 1.54) is 0 Å². The molecule has 0 bridgehead atoms. The van der Waals surface area contributed by atoms with Crippen molar-refractivity contribution in [1.29, 1.82) is 5.26 Å². The standard InChI is InChI=1S/C12H20N4/c1-2-14-8-6-12-10-16(11-15-12)9-5-3-4-7-13/h10-11,14H,2-6,8-9H2,1H3. The number of likely N-dealkylation sites (N-methyl/N-ethyl adjacent to an activating group) is 1. The van der Waals surface area contributed by atoms with Crippen LogP contribution in [0.4, 0.5) is 0 Å². The Morgan fingerprint density at radius 3 is 3.12 bits per heavy atom. The van der Waals surface area contributed by atoms with Gasteiger partial charge in [-0.05, 0) is 19.4 Å². The molecule has 0 spiro atoms. The lowest BCUT2D eigenvalue weighted by Gasteiger charge is -1.99. The Kier molecular flexibility index (Phi) is 6.28. The van der Waals surface area contributed by atoms with Crippen molar-refractivity contribution in [3.63, 3.8) is 0 Å². The molecule has 0 amide bonds. The number of aryl methyl sites for hydroxylation is 1. The molecule has 0 fully saturated rings. The van der Waals surface area contributed by atoms with Crippen LogP contribution in [0.3, 0.4) is 0 Å². The Morgan fingerprint density at radius 1 is 1.50 bits per heavy atom. The van der Waals surface area contributed by atoms with E-state index in [0.717, 1.165) is 44.6 Å². The van der Waals surface area contributed by atoms with E-state index in [0.29, 0.717) is 6.42 Å². The van der Waals surface area contributed by atoms with Gasteiger partial charge in [0.2, 0.25) is 0 Å². The van der Waals surface area contributed by atoms with E-state index in [9.17, 15) is 0 Å². The second-order valence-corrected chi connectivity index (χ2v) is 3.82. The molecule has 0 aliphatic heterocycles. The topological polar surface area (TPSA) is 53.6 Å². The Hall–Kier alpha value is -1.34. The van der Waals surface area contributed by atoms with Crippen LogP contribution >= 0.6 is 0 Å². The van der Waals surface area contributed by atoms with Gasteiger partial charge in [0.25, 0.3) is 0 Å². The van der Waals surface area contributed by atoms with Crippen molar-refractivity contribution in [1.82, 2.24) is 14.9 Å². The number of hydrogen-bond acceptors (Lipinski definition) is 3. The summed E-state index contributed by atoms with van der Waals surface area (Å²) in [5.74, 6) is 0. The Labute approximate surface area is 97.3 Å². The van der Waals surface area contributed by atoms with E-state index in [2.05, 4.69) is 34.1 Å². The smallest absolute Gasteiger partial charge is 0.0949 e. The maximum atomic E-state index is 8.41. The first-order chi connectivity index (χ1) is 7.86. The first-order valence-electron chi connectivity index (χ1n) is 5.95. The van der Waals surface area contributed by atoms with Crippen LogP contribution < -0.4 is 5.32 Å². The quantitative estimate of drug-likeness (QED) is 0.679. The van der Waals surface area contributed by atoms with E-state index in [4.69, 9.17) is 5.26 Å². The van der Waals surface area contributed by atoms with Crippen molar-refractivity contribution >= 4 is 0 Å². The highest BCUT2D eigenvalue weighted by Crippen LogP contribution is 2.01. The van der Waals surface area contributed by atoms with Crippen LogP contribution in [-0.2, 0) is 13.0 Å². The van der Waals surface area contributed by atoms with Crippen molar-refractivity contribution < 1.29 is 0 Å². The largest absolute Gasteiger partial charge is 0.337 e. The lowest BCUT2D eigenvalue weighted by molar-refractivity contribution is 0.615. The van der Waals surface area contributed by atoms with Gasteiger partial charge < -0.3 is 9.88 Å². The molecule has 0 aliphatic rings. The van der Waals surface area contributed by atoms with E-state index in [1.807, 2.05) is 6.33 Å². The molecule has 1 aromatic heterocycles. The molecule has 88 valence electrons. The minimum absolute atomic E-state index is 0.655. The summed E-state index contributed by atoms with van der Waals surface area (Å²) in [4.78, 5) is 4.34. The van der Waals surface area contributed by atoms with Crippen LogP contribution in [0.2, 0.25) is 0 Å². The molecule has 1 aromatic rings. The van der Waals surface area contributed by atoms with Crippen LogP contribution in [-0.4, -0.2) is 22.6 Å². The summed E-state index contributed by atoms with van der Waals surface area (Å²) >= 11 is 0. The molecule has 0 radical (unpaired) electrons. The summed E-state index contributed by atoms with van der Waals surface area (Å²) in [7, 11) is 0. The van der Waals surface area contributed by atoms with Gasteiger partial charge in [-0.3, -0.25) is 0 Å². The molecule has 1 rings (SSSR count). The van der Waals surface area contributed by atoms with Gasteiger partial charge in [-0.1, -0.05) is 6.92 Å². The zero-order valence-electron chi connectivity index (χ0n) is 9.95. The molecular formula is C12H20N4. The average Bonchev–Trinajstić information content (AvgIpc) is 2.73. The predicted molar refractivity (Wildman–Crippen MR) is 63.9 cm³/mol. The van der Waals surface area contributed by atoms with Crippen molar-refractivity contribution in [2.75, 3.05) is 13.1 Å². The minimum Gasteiger partial charge on any atom is -0.337 e. The fourth-order valence-electron chi connectivity index (χ4n) is 1.55. The van der Waals surface area contributed by atoms with Gasteiger partial charge in [0.05, 0.1) is 18.1 Å². The van der Waals surface area contributed by atoms with Gasteiger partial charge in [0.1, 0.15) is 0 Å². The number of unbranched alkanes of at least 4 members (excludes halogenated alkanes) is 2. The highest BCUT2D eigenvalue weighted by molar-refractivity contribution is 4.97. The molecule has 0 unspecified atom stereocenters. The Bertz CT molecular complexity index is 324. The minimum atomic E-state index is 0.655. The SMILES string of the molecule is CCNCCc1cn(CCCCC#N)cn1. The molecular weight excluding hydrogens is 200 g/mol. The van der Waals surface area contributed by atoms with Crippen LogP contribution in [0.5, 0.6) is 0 Å². The van der Waals surface area contributed by atoms with Gasteiger partial charge in [-0.2, -0.15) is 5.26 Å². The second-order valence-electron chi connectivity index (χ2n) is 3.82. The van der Waals surface area contributed by atoms with E-state index in [1.54, 1.807) is 0 Å². The number of imidazole rings is 1. The maximum absolute atomic E-state index is 8.41. The van der Waals surface area contributed by atoms with Crippen LogP contribution in [0.25, 0.3) is 0 Å². The van der Waals surface area contributed by atoms with E-state index < -0.39 is 0 Å². The number of nitrogens with one attached hydrogen (secondary N) is 1. The lowest BCUT2D eigenvalue weighted by Crippen LogP contribution is -2.16. The molecule has 1 heterocycles. The molecule has 0 aliphatic carbocycles. The van der Waals surface area contributed by atoms with Gasteiger partial charge >= 0.3 is 0 Å². The summed E-state index contributed by atoms with van der Waals surface area (Å²) in [6.45, 7) is 5.07. The molecule has 4 heteroatoms. The first-order valence-corrected chi connectivity index (χ1v) is 5.95. The van der Waals surface area contributed by atoms with Crippen molar-refractivity contribution in [3.8, 4) is 6.07 Å². The monoisotopic (exact) mass is 220 g/mol. The van der Waals surface area contributed by atoms with Crippen LogP contribution in [0.1, 0.15) is 31.9 Å². The molecule has 16 heavy (non-hydrogen) atoms. The molecule has 0 aromatic carbocycles. The van der Waals surface area contributed by atoms with Crippen LogP contribution in [0, 0.1) is 11.3 Å². The van der Waals surface area contributed by atoms with E-state index in [-0.39, 0.29) is 0 Å². The summed E-state index contributed by atoms with van der Waals surface area (Å²) < 4.78 is 2.11. The predicted octanol–water partition coefficient (Wildman–Crippen LogP) is 1.73. The molecule has 0 saturated carbocycles. The van der Waals surface area contributed by atoms with Crippen LogP contribution in [0.15, 0.2) is 12.5 Å². The summed E-state index contributed by atoms with van der Waals surface area (Å²) in [6.07, 6.45) is 7.65. The molecule has 4 nitrogen and oxygen atoms in total. The summed E-state index contributed by atoms with van der Waals surface area (Å²) in [6, 6.07) is 2.16. The van der Waals surface area contributed by atoms with Gasteiger partial charge in [-0.15, -0.1) is 0 Å². The third-order valence-electron chi connectivity index (χ3n) is 2.45. The highest BCUT2D eigenvalue weighted by Gasteiger charge is 1.98. The zero-order chi connectivity index (χ0) is 11.6. The number of rotatable bonds is 8. The third-order valence-corrected chi connectivity index (χ3v) is 2.45. The molecule has 0 saturated heterocycles. The average molecular weight is 220 g/mol. The maximum Gasteiger partial charge on any atom is 0.0949 e. The highest BCUT2D eigenvalue weighted by atomic mass is 15.0.